The molecule has 0 atom stereocenters. The molecule has 0 radical (unpaired) electrons. The molecule has 3 heterocycles. The van der Waals surface area contributed by atoms with E-state index >= 15 is 0 Å². The van der Waals surface area contributed by atoms with Crippen molar-refractivity contribution >= 4 is 70.4 Å². The van der Waals surface area contributed by atoms with Crippen molar-refractivity contribution in [1.29, 1.82) is 0 Å². The van der Waals surface area contributed by atoms with Gasteiger partial charge in [-0.05, 0) is 52.4 Å². The summed E-state index contributed by atoms with van der Waals surface area (Å²) in [4.78, 5) is 106. The van der Waals surface area contributed by atoms with Gasteiger partial charge in [0.15, 0.2) is 0 Å². The maximum Gasteiger partial charge on any atom is 1.00 e. The summed E-state index contributed by atoms with van der Waals surface area (Å²) in [7, 11) is 2.54. The number of aliphatic carboxylic acids is 2. The molecular weight excluding hydrogens is 887 g/mol. The van der Waals surface area contributed by atoms with E-state index in [9.17, 15) is 43.2 Å². The Labute approximate surface area is 395 Å². The summed E-state index contributed by atoms with van der Waals surface area (Å²) in [6.45, 7) is 15.1. The molecule has 0 aromatic rings. The first-order chi connectivity index (χ1) is 27.9. The number of likely N-dealkylation sites (tertiary alicyclic amines) is 3. The number of ether oxygens (including phenoxy) is 2. The maximum atomic E-state index is 12.0. The monoisotopic (exact) mass is 960 g/mol. The zero-order chi connectivity index (χ0) is 46.1. The van der Waals surface area contributed by atoms with Crippen molar-refractivity contribution in [2.24, 2.45) is 22.0 Å². The van der Waals surface area contributed by atoms with E-state index in [1.807, 2.05) is 4.90 Å². The number of halogens is 1. The molecule has 0 aromatic carbocycles. The second kappa shape index (κ2) is 33.7. The van der Waals surface area contributed by atoms with Crippen LogP contribution >= 0.6 is 17.0 Å². The van der Waals surface area contributed by atoms with Crippen LogP contribution in [0, 0.1) is 16.2 Å². The van der Waals surface area contributed by atoms with Gasteiger partial charge in [-0.25, -0.2) is 0 Å². The molecule has 63 heavy (non-hydrogen) atoms. The average molecular weight is 962 g/mol. The number of rotatable bonds is 17. The predicted octanol–water partition coefficient (Wildman–Crippen LogP) is -0.657. The SMILES string of the molecule is Br.CC(C)(CC(=O)O)C(=O)NCCN1CCCCC1=O.COC(=O)CC(C)(C)C(=O)NCCN1CCCCC1=O.COC(=O)CC(C)(C)C(=O)O.NCCN1CCCCC1=O.[Li+].[OH-]. The third kappa shape index (κ3) is 27.9. The number of amides is 5. The summed E-state index contributed by atoms with van der Waals surface area (Å²) in [6.07, 6.45) is 7.75. The topological polar surface area (TPSA) is 302 Å². The minimum absolute atomic E-state index is 0. The van der Waals surface area contributed by atoms with E-state index in [0.717, 1.165) is 71.1 Å². The number of methoxy groups -OCH3 is 2. The number of nitrogens with two attached hydrogens (primary N) is 1. The summed E-state index contributed by atoms with van der Waals surface area (Å²) in [5.41, 5.74) is 2.55. The third-order valence-electron chi connectivity index (χ3n) is 10.0. The average Bonchev–Trinajstić information content (AvgIpc) is 3.17. The first-order valence-corrected chi connectivity index (χ1v) is 20.6. The van der Waals surface area contributed by atoms with Gasteiger partial charge in [0.1, 0.15) is 0 Å². The van der Waals surface area contributed by atoms with Crippen LogP contribution in [0.25, 0.3) is 0 Å². The van der Waals surface area contributed by atoms with Crippen LogP contribution in [0.5, 0.6) is 0 Å². The first-order valence-electron chi connectivity index (χ1n) is 20.6. The standard InChI is InChI=1S/C14H24N2O4.C13H22N2O4.C7H14N2O.C7H12O4.BrH.Li.H2O/c1-14(2,10-12(18)20-3)13(19)15-7-9-16-8-5-4-6-11(16)17;1-13(2,9-11(17)18)12(19)14-6-8-15-7-4-3-5-10(15)16;8-4-6-9-5-2-1-3-7(9)10;1-7(2,6(9)10)4-5(8)11-3;;;/h4-10H2,1-3H3,(H,15,19);3-9H2,1-2H3,(H,14,19)(H,17,18);1-6,8H2;4H2,1-3H3,(H,9,10);1H;;1H2/q;;;;;+1;/p-1. The van der Waals surface area contributed by atoms with Crippen LogP contribution in [0.3, 0.4) is 0 Å². The quantitative estimate of drug-likeness (QED) is 0.0894. The summed E-state index contributed by atoms with van der Waals surface area (Å²) < 4.78 is 8.91. The normalized spacial score (nSPS) is 15.0. The number of hydrogen-bond acceptors (Lipinski definition) is 13. The Morgan fingerprint density at radius 1 is 0.587 bits per heavy atom. The molecule has 3 rings (SSSR count). The van der Waals surface area contributed by atoms with Crippen molar-refractivity contribution in [3.8, 4) is 0 Å². The summed E-state index contributed by atoms with van der Waals surface area (Å²) in [6, 6.07) is 0. The number of carbonyl (C=O) groups excluding carboxylic acids is 7. The Balaban J connectivity index is -0.000000377. The Hall–Kier alpha value is -3.77. The van der Waals surface area contributed by atoms with Crippen molar-refractivity contribution < 1.29 is 87.2 Å². The number of nitrogens with zero attached hydrogens (tertiary/aromatic N) is 3. The molecule has 0 aliphatic carbocycles. The molecule has 360 valence electrons. The van der Waals surface area contributed by atoms with Crippen molar-refractivity contribution in [2.75, 3.05) is 73.1 Å². The number of carboxylic acids is 2. The van der Waals surface area contributed by atoms with Gasteiger partial charge in [-0.2, -0.15) is 0 Å². The van der Waals surface area contributed by atoms with Crippen molar-refractivity contribution in [3.63, 3.8) is 0 Å². The van der Waals surface area contributed by atoms with Gasteiger partial charge in [0.25, 0.3) is 0 Å². The van der Waals surface area contributed by atoms with Gasteiger partial charge in [0.05, 0.1) is 49.7 Å². The van der Waals surface area contributed by atoms with Crippen LogP contribution in [-0.2, 0) is 52.6 Å². The smallest absolute Gasteiger partial charge is 0.870 e. The Morgan fingerprint density at radius 2 is 0.905 bits per heavy atom. The predicted molar refractivity (Wildman–Crippen MR) is 233 cm³/mol. The van der Waals surface area contributed by atoms with Gasteiger partial charge in [-0.3, -0.25) is 43.2 Å². The Kier molecular flexibility index (Phi) is 35.2. The number of nitrogens with one attached hydrogen (secondary N) is 2. The molecule has 22 heteroatoms. The fourth-order valence-electron chi connectivity index (χ4n) is 6.02. The third-order valence-corrected chi connectivity index (χ3v) is 10.0. The molecule has 7 N–H and O–H groups in total. The second-order valence-electron chi connectivity index (χ2n) is 16.8. The number of esters is 2. The van der Waals surface area contributed by atoms with Crippen LogP contribution in [-0.4, -0.2) is 157 Å². The van der Waals surface area contributed by atoms with E-state index in [1.165, 1.54) is 28.1 Å². The number of carboxylic acid groups (broad SMARTS) is 2. The van der Waals surface area contributed by atoms with Crippen LogP contribution in [0.1, 0.15) is 119 Å². The summed E-state index contributed by atoms with van der Waals surface area (Å²) in [5.74, 6) is -2.84. The molecule has 20 nitrogen and oxygen atoms in total. The molecule has 0 saturated carbocycles. The Morgan fingerprint density at radius 3 is 1.19 bits per heavy atom. The van der Waals surface area contributed by atoms with Gasteiger partial charge in [0, 0.05) is 78.2 Å². The molecule has 3 aliphatic heterocycles. The van der Waals surface area contributed by atoms with Crippen molar-refractivity contribution in [3.05, 3.63) is 0 Å². The van der Waals surface area contributed by atoms with Gasteiger partial charge < -0.3 is 56.2 Å². The zero-order valence-electron chi connectivity index (χ0n) is 39.0. The van der Waals surface area contributed by atoms with E-state index in [-0.39, 0.29) is 90.1 Å². The van der Waals surface area contributed by atoms with Crippen molar-refractivity contribution in [2.45, 2.75) is 119 Å². The molecule has 0 aromatic heterocycles. The van der Waals surface area contributed by atoms with E-state index in [1.54, 1.807) is 37.5 Å². The second-order valence-corrected chi connectivity index (χ2v) is 16.8. The summed E-state index contributed by atoms with van der Waals surface area (Å²) >= 11 is 0. The number of piperidine rings is 3. The number of carbonyl (C=O) groups is 9. The number of hydrogen-bond donors (Lipinski definition) is 5. The van der Waals surface area contributed by atoms with E-state index in [0.29, 0.717) is 45.6 Å². The van der Waals surface area contributed by atoms with E-state index < -0.39 is 40.1 Å². The minimum Gasteiger partial charge on any atom is -0.870 e. The van der Waals surface area contributed by atoms with Gasteiger partial charge in [-0.1, -0.05) is 27.7 Å². The van der Waals surface area contributed by atoms with E-state index in [2.05, 4.69) is 20.1 Å². The van der Waals surface area contributed by atoms with E-state index in [4.69, 9.17) is 15.9 Å². The van der Waals surface area contributed by atoms with Crippen LogP contribution < -0.4 is 35.2 Å². The molecule has 0 bridgehead atoms. The van der Waals surface area contributed by atoms with Crippen LogP contribution in [0.15, 0.2) is 0 Å². The van der Waals surface area contributed by atoms with Crippen molar-refractivity contribution in [1.82, 2.24) is 25.3 Å². The molecular formula is C41H74BrLiN6O14. The summed E-state index contributed by atoms with van der Waals surface area (Å²) in [5, 5.41) is 22.8. The molecule has 0 spiro atoms. The van der Waals surface area contributed by atoms with Crippen LogP contribution in [0.2, 0.25) is 0 Å². The van der Waals surface area contributed by atoms with Gasteiger partial charge in [0.2, 0.25) is 29.5 Å². The van der Waals surface area contributed by atoms with Gasteiger partial charge in [-0.15, -0.1) is 17.0 Å². The molecule has 5 amide bonds. The fourth-order valence-corrected chi connectivity index (χ4v) is 6.02. The van der Waals surface area contributed by atoms with Gasteiger partial charge >= 0.3 is 42.7 Å². The minimum atomic E-state index is -1.03. The molecule has 3 fully saturated rings. The molecule has 0 unspecified atom stereocenters. The molecule has 3 saturated heterocycles. The Bertz CT molecular complexity index is 1460. The molecule has 3 aliphatic rings. The fraction of sp³-hybridized carbons (Fsp3) is 0.780. The zero-order valence-corrected chi connectivity index (χ0v) is 40.7. The first kappa shape index (κ1) is 65.8. The largest absolute Gasteiger partial charge is 1.00 e. The maximum absolute atomic E-state index is 12.0. The van der Waals surface area contributed by atoms with Crippen LogP contribution in [0.4, 0.5) is 0 Å².